The normalized spacial score (nSPS) is 22.1. The Morgan fingerprint density at radius 2 is 1.83 bits per heavy atom. The lowest BCUT2D eigenvalue weighted by Gasteiger charge is -2.35. The number of esters is 1. The van der Waals surface area contributed by atoms with Crippen molar-refractivity contribution in [1.82, 2.24) is 15.1 Å². The molecule has 4 rings (SSSR count). The molecule has 0 saturated carbocycles. The van der Waals surface area contributed by atoms with E-state index in [1.54, 1.807) is 34.9 Å². The number of nitrogens with zero attached hydrogens (tertiary/aromatic N) is 2. The Bertz CT molecular complexity index is 1050. The number of rotatable bonds is 7. The van der Waals surface area contributed by atoms with E-state index in [1.807, 2.05) is 17.5 Å². The lowest BCUT2D eigenvalue weighted by molar-refractivity contribution is -0.148. The van der Waals surface area contributed by atoms with E-state index in [1.165, 1.54) is 25.6 Å². The van der Waals surface area contributed by atoms with Gasteiger partial charge >= 0.3 is 5.97 Å². The SMILES string of the molecule is CCOC(=O)C1CC(C(=O)N2CCNCC2)N(C(=O)c2ccc(OC)c(OC)c2)C1c1cccs1. The highest BCUT2D eigenvalue weighted by atomic mass is 32.1. The number of benzene rings is 1. The van der Waals surface area contributed by atoms with Crippen LogP contribution in [0.4, 0.5) is 0 Å². The van der Waals surface area contributed by atoms with Crippen LogP contribution < -0.4 is 14.8 Å². The number of amides is 2. The van der Waals surface area contributed by atoms with Crippen molar-refractivity contribution in [2.75, 3.05) is 47.0 Å². The number of piperazine rings is 1. The van der Waals surface area contributed by atoms with Crippen molar-refractivity contribution < 1.29 is 28.6 Å². The summed E-state index contributed by atoms with van der Waals surface area (Å²) in [6.07, 6.45) is 0.211. The maximum absolute atomic E-state index is 14.0. The highest BCUT2D eigenvalue weighted by molar-refractivity contribution is 7.10. The van der Waals surface area contributed by atoms with Crippen molar-refractivity contribution in [2.45, 2.75) is 25.4 Å². The number of hydrogen-bond donors (Lipinski definition) is 1. The van der Waals surface area contributed by atoms with E-state index in [0.717, 1.165) is 4.88 Å². The van der Waals surface area contributed by atoms with Crippen LogP contribution in [0.3, 0.4) is 0 Å². The summed E-state index contributed by atoms with van der Waals surface area (Å²) in [6, 6.07) is 7.32. The minimum absolute atomic E-state index is 0.145. The van der Waals surface area contributed by atoms with Gasteiger partial charge in [-0.3, -0.25) is 14.4 Å². The Hall–Kier alpha value is -3.11. The van der Waals surface area contributed by atoms with Gasteiger partial charge in [-0.1, -0.05) is 6.07 Å². The fraction of sp³-hybridized carbons (Fsp3) is 0.480. The van der Waals surface area contributed by atoms with Crippen LogP contribution in [-0.2, 0) is 14.3 Å². The summed E-state index contributed by atoms with van der Waals surface area (Å²) >= 11 is 1.46. The van der Waals surface area contributed by atoms with Crippen LogP contribution in [0.25, 0.3) is 0 Å². The molecule has 1 aromatic carbocycles. The van der Waals surface area contributed by atoms with E-state index in [2.05, 4.69) is 5.32 Å². The zero-order chi connectivity index (χ0) is 24.9. The number of methoxy groups -OCH3 is 2. The van der Waals surface area contributed by atoms with E-state index in [4.69, 9.17) is 14.2 Å². The predicted octanol–water partition coefficient (Wildman–Crippen LogP) is 2.33. The van der Waals surface area contributed by atoms with Crippen LogP contribution in [0.1, 0.15) is 34.6 Å². The second kappa shape index (κ2) is 11.1. The van der Waals surface area contributed by atoms with Crippen LogP contribution in [0, 0.1) is 5.92 Å². The molecule has 2 saturated heterocycles. The topological polar surface area (TPSA) is 97.4 Å². The molecule has 2 aliphatic heterocycles. The van der Waals surface area contributed by atoms with Crippen LogP contribution >= 0.6 is 11.3 Å². The Morgan fingerprint density at radius 1 is 1.09 bits per heavy atom. The third-order valence-electron chi connectivity index (χ3n) is 6.50. The molecule has 0 radical (unpaired) electrons. The lowest BCUT2D eigenvalue weighted by Crippen LogP contribution is -2.53. The van der Waals surface area contributed by atoms with Gasteiger partial charge in [0.2, 0.25) is 5.91 Å². The molecular weight excluding hydrogens is 470 g/mol. The highest BCUT2D eigenvalue weighted by Gasteiger charge is 2.52. The number of ether oxygens (including phenoxy) is 3. The average molecular weight is 502 g/mol. The molecule has 10 heteroatoms. The molecule has 2 aromatic rings. The molecule has 1 aromatic heterocycles. The zero-order valence-electron chi connectivity index (χ0n) is 20.2. The molecular formula is C25H31N3O6S. The largest absolute Gasteiger partial charge is 0.493 e. The summed E-state index contributed by atoms with van der Waals surface area (Å²) in [6.45, 7) is 4.48. The highest BCUT2D eigenvalue weighted by Crippen LogP contribution is 2.45. The van der Waals surface area contributed by atoms with Gasteiger partial charge < -0.3 is 29.3 Å². The number of likely N-dealkylation sites (tertiary alicyclic amines) is 1. The molecule has 35 heavy (non-hydrogen) atoms. The molecule has 3 atom stereocenters. The fourth-order valence-corrected chi connectivity index (χ4v) is 5.73. The van der Waals surface area contributed by atoms with Crippen molar-refractivity contribution in [1.29, 1.82) is 0 Å². The van der Waals surface area contributed by atoms with Crippen LogP contribution in [-0.4, -0.2) is 80.6 Å². The number of hydrogen-bond acceptors (Lipinski definition) is 8. The Kier molecular flexibility index (Phi) is 7.92. The van der Waals surface area contributed by atoms with Crippen LogP contribution in [0.2, 0.25) is 0 Å². The van der Waals surface area contributed by atoms with Gasteiger partial charge in [0.05, 0.1) is 32.8 Å². The van der Waals surface area contributed by atoms with Crippen LogP contribution in [0.5, 0.6) is 11.5 Å². The minimum atomic E-state index is -0.782. The third kappa shape index (κ3) is 4.99. The van der Waals surface area contributed by atoms with Crippen molar-refractivity contribution in [3.63, 3.8) is 0 Å². The monoisotopic (exact) mass is 501 g/mol. The average Bonchev–Trinajstić information content (AvgIpc) is 3.56. The summed E-state index contributed by atoms with van der Waals surface area (Å²) in [7, 11) is 3.03. The first kappa shape index (κ1) is 25.0. The van der Waals surface area contributed by atoms with E-state index in [0.29, 0.717) is 43.2 Å². The summed E-state index contributed by atoms with van der Waals surface area (Å²) in [4.78, 5) is 45.0. The van der Waals surface area contributed by atoms with E-state index >= 15 is 0 Å². The quantitative estimate of drug-likeness (QED) is 0.582. The second-order valence-corrected chi connectivity index (χ2v) is 9.41. The Morgan fingerprint density at radius 3 is 2.46 bits per heavy atom. The maximum Gasteiger partial charge on any atom is 0.311 e. The lowest BCUT2D eigenvalue weighted by atomic mass is 9.97. The zero-order valence-corrected chi connectivity index (χ0v) is 21.0. The van der Waals surface area contributed by atoms with Crippen molar-refractivity contribution in [2.24, 2.45) is 5.92 Å². The number of carbonyl (C=O) groups excluding carboxylic acids is 3. The number of thiophene rings is 1. The van der Waals surface area contributed by atoms with Gasteiger partial charge in [0.1, 0.15) is 6.04 Å². The number of nitrogens with one attached hydrogen (secondary N) is 1. The predicted molar refractivity (Wildman–Crippen MR) is 131 cm³/mol. The van der Waals surface area contributed by atoms with E-state index < -0.39 is 24.0 Å². The molecule has 0 bridgehead atoms. The van der Waals surface area contributed by atoms with E-state index in [-0.39, 0.29) is 24.8 Å². The summed E-state index contributed by atoms with van der Waals surface area (Å²) in [5.74, 6) is -0.616. The molecule has 3 heterocycles. The van der Waals surface area contributed by atoms with Gasteiger partial charge in [-0.25, -0.2) is 0 Å². The van der Waals surface area contributed by atoms with Gasteiger partial charge in [0.15, 0.2) is 11.5 Å². The third-order valence-corrected chi connectivity index (χ3v) is 7.44. The molecule has 188 valence electrons. The molecule has 3 unspecified atom stereocenters. The van der Waals surface area contributed by atoms with Gasteiger partial charge in [-0.15, -0.1) is 11.3 Å². The number of carbonyl (C=O) groups is 3. The van der Waals surface area contributed by atoms with Gasteiger partial charge in [-0.2, -0.15) is 0 Å². The van der Waals surface area contributed by atoms with Crippen molar-refractivity contribution in [3.05, 3.63) is 46.2 Å². The first-order valence-electron chi connectivity index (χ1n) is 11.7. The van der Waals surface area contributed by atoms with E-state index in [9.17, 15) is 14.4 Å². The van der Waals surface area contributed by atoms with Crippen LogP contribution in [0.15, 0.2) is 35.7 Å². The molecule has 2 amide bonds. The summed E-state index contributed by atoms with van der Waals surface area (Å²) in [5, 5.41) is 5.15. The smallest absolute Gasteiger partial charge is 0.311 e. The molecule has 2 fully saturated rings. The molecule has 0 spiro atoms. The van der Waals surface area contributed by atoms with Gasteiger partial charge in [0.25, 0.3) is 5.91 Å². The first-order chi connectivity index (χ1) is 17.0. The minimum Gasteiger partial charge on any atom is -0.493 e. The Balaban J connectivity index is 1.77. The van der Waals surface area contributed by atoms with Gasteiger partial charge in [0, 0.05) is 36.6 Å². The fourth-order valence-electron chi connectivity index (χ4n) is 4.84. The first-order valence-corrected chi connectivity index (χ1v) is 12.6. The maximum atomic E-state index is 14.0. The van der Waals surface area contributed by atoms with Crippen molar-refractivity contribution in [3.8, 4) is 11.5 Å². The van der Waals surface area contributed by atoms with Crippen molar-refractivity contribution >= 4 is 29.1 Å². The standard InChI is InChI=1S/C25H31N3O6S/c1-4-34-25(31)17-15-18(24(30)27-11-9-26-10-12-27)28(22(17)21-6-5-13-35-21)23(29)16-7-8-19(32-2)20(14-16)33-3/h5-8,13-14,17-18,22,26H,4,9-12,15H2,1-3H3. The summed E-state index contributed by atoms with van der Waals surface area (Å²) in [5.41, 5.74) is 0.354. The molecule has 0 aliphatic carbocycles. The molecule has 9 nitrogen and oxygen atoms in total. The molecule has 1 N–H and O–H groups in total. The summed E-state index contributed by atoms with van der Waals surface area (Å²) < 4.78 is 16.1. The second-order valence-electron chi connectivity index (χ2n) is 8.43. The van der Waals surface area contributed by atoms with Gasteiger partial charge in [-0.05, 0) is 43.0 Å². The molecule has 2 aliphatic rings. The Labute approximate surface area is 208 Å².